The van der Waals surface area contributed by atoms with E-state index in [9.17, 15) is 9.59 Å². The quantitative estimate of drug-likeness (QED) is 0.895. The van der Waals surface area contributed by atoms with Gasteiger partial charge in [-0.15, -0.1) is 0 Å². The van der Waals surface area contributed by atoms with E-state index in [2.05, 4.69) is 5.32 Å². The lowest BCUT2D eigenvalue weighted by atomic mass is 10.3. The fraction of sp³-hybridized carbons (Fsp3) is 0.176. The van der Waals surface area contributed by atoms with Gasteiger partial charge in [-0.05, 0) is 30.3 Å². The summed E-state index contributed by atoms with van der Waals surface area (Å²) < 4.78 is 0. The zero-order valence-electron chi connectivity index (χ0n) is 12.7. The van der Waals surface area contributed by atoms with Crippen molar-refractivity contribution < 1.29 is 9.59 Å². The van der Waals surface area contributed by atoms with Crippen LogP contribution in [0.15, 0.2) is 48.5 Å². The summed E-state index contributed by atoms with van der Waals surface area (Å²) in [6, 6.07) is 14.0. The van der Waals surface area contributed by atoms with E-state index in [1.165, 1.54) is 4.90 Å². The molecule has 5 nitrogen and oxygen atoms in total. The van der Waals surface area contributed by atoms with Gasteiger partial charge in [0, 0.05) is 34.5 Å². The molecule has 2 aromatic carbocycles. The molecule has 124 valence electrons. The van der Waals surface area contributed by atoms with E-state index in [4.69, 9.17) is 23.2 Å². The lowest BCUT2D eigenvalue weighted by Crippen LogP contribution is -2.37. The maximum absolute atomic E-state index is 12.4. The molecule has 1 fully saturated rings. The van der Waals surface area contributed by atoms with E-state index < -0.39 is 0 Å². The molecule has 0 aliphatic carbocycles. The van der Waals surface area contributed by atoms with Crippen LogP contribution in [-0.4, -0.2) is 36.5 Å². The summed E-state index contributed by atoms with van der Waals surface area (Å²) in [7, 11) is 0. The van der Waals surface area contributed by atoms with Gasteiger partial charge in [0.15, 0.2) is 0 Å². The van der Waals surface area contributed by atoms with Crippen molar-refractivity contribution in [3.8, 4) is 0 Å². The molecule has 3 amide bonds. The first-order valence-corrected chi connectivity index (χ1v) is 8.16. The second-order valence-corrected chi connectivity index (χ2v) is 6.27. The van der Waals surface area contributed by atoms with Crippen molar-refractivity contribution in [3.63, 3.8) is 0 Å². The summed E-state index contributed by atoms with van der Waals surface area (Å²) in [5, 5.41) is 3.58. The predicted molar refractivity (Wildman–Crippen MR) is 95.8 cm³/mol. The number of hydrogen-bond donors (Lipinski definition) is 1. The Balaban J connectivity index is 1.62. The number of anilines is 2. The number of nitrogens with zero attached hydrogens (tertiary/aromatic N) is 2. The third-order valence-corrected chi connectivity index (χ3v) is 4.08. The Morgan fingerprint density at radius 3 is 2.38 bits per heavy atom. The number of benzene rings is 2. The number of carbonyl (C=O) groups excluding carboxylic acids is 2. The molecular formula is C17H15Cl2N3O2. The lowest BCUT2D eigenvalue weighted by Gasteiger charge is -2.18. The topological polar surface area (TPSA) is 52.7 Å². The highest BCUT2D eigenvalue weighted by atomic mass is 35.5. The number of amides is 3. The van der Waals surface area contributed by atoms with E-state index in [0.29, 0.717) is 28.8 Å². The Labute approximate surface area is 149 Å². The fourth-order valence-corrected chi connectivity index (χ4v) is 3.10. The number of halogens is 2. The van der Waals surface area contributed by atoms with Gasteiger partial charge in [-0.2, -0.15) is 0 Å². The smallest absolute Gasteiger partial charge is 0.324 e. The third-order valence-electron chi connectivity index (χ3n) is 3.64. The van der Waals surface area contributed by atoms with Crippen LogP contribution in [0.25, 0.3) is 0 Å². The highest BCUT2D eigenvalue weighted by molar-refractivity contribution is 6.35. The number of rotatable bonds is 4. The molecule has 0 atom stereocenters. The Kier molecular flexibility index (Phi) is 4.92. The SMILES string of the molecule is O=C(CN1CCN(c2ccccc2)C1=O)Nc1cc(Cl)cc(Cl)c1. The second kappa shape index (κ2) is 7.11. The average Bonchev–Trinajstić information content (AvgIpc) is 2.88. The van der Waals surface area contributed by atoms with E-state index in [1.54, 1.807) is 23.1 Å². The van der Waals surface area contributed by atoms with Gasteiger partial charge in [0.2, 0.25) is 5.91 Å². The number of para-hydroxylation sites is 1. The van der Waals surface area contributed by atoms with Crippen molar-refractivity contribution in [2.24, 2.45) is 0 Å². The molecule has 0 saturated carbocycles. The van der Waals surface area contributed by atoms with Gasteiger partial charge in [-0.3, -0.25) is 9.69 Å². The van der Waals surface area contributed by atoms with Crippen molar-refractivity contribution in [2.45, 2.75) is 0 Å². The number of nitrogens with one attached hydrogen (secondary N) is 1. The molecule has 3 rings (SSSR count). The van der Waals surface area contributed by atoms with Gasteiger partial charge in [-0.25, -0.2) is 4.79 Å². The summed E-state index contributed by atoms with van der Waals surface area (Å²) in [4.78, 5) is 27.8. The van der Waals surface area contributed by atoms with Gasteiger partial charge in [0.05, 0.1) is 0 Å². The van der Waals surface area contributed by atoms with Crippen LogP contribution in [0, 0.1) is 0 Å². The summed E-state index contributed by atoms with van der Waals surface area (Å²) in [6.45, 7) is 1.03. The van der Waals surface area contributed by atoms with Gasteiger partial charge in [-0.1, -0.05) is 41.4 Å². The monoisotopic (exact) mass is 363 g/mol. The van der Waals surface area contributed by atoms with Crippen LogP contribution < -0.4 is 10.2 Å². The summed E-state index contributed by atoms with van der Waals surface area (Å²) in [5.41, 5.74) is 1.33. The first-order chi connectivity index (χ1) is 11.5. The van der Waals surface area contributed by atoms with Crippen molar-refractivity contribution in [2.75, 3.05) is 29.9 Å². The highest BCUT2D eigenvalue weighted by Gasteiger charge is 2.30. The maximum atomic E-state index is 12.4. The molecule has 1 N–H and O–H groups in total. The number of urea groups is 1. The predicted octanol–water partition coefficient (Wildman–Crippen LogP) is 3.87. The number of hydrogen-bond acceptors (Lipinski definition) is 2. The Hall–Kier alpha value is -2.24. The van der Waals surface area contributed by atoms with Gasteiger partial charge in [0.1, 0.15) is 6.54 Å². The van der Waals surface area contributed by atoms with Gasteiger partial charge < -0.3 is 10.2 Å². The normalized spacial score (nSPS) is 14.2. The van der Waals surface area contributed by atoms with Crippen molar-refractivity contribution in [1.29, 1.82) is 0 Å². The molecule has 0 aromatic heterocycles. The minimum atomic E-state index is -0.295. The Bertz CT molecular complexity index is 747. The summed E-state index contributed by atoms with van der Waals surface area (Å²) in [5.74, 6) is -0.295. The third kappa shape index (κ3) is 3.80. The molecule has 24 heavy (non-hydrogen) atoms. The van der Waals surface area contributed by atoms with Crippen molar-refractivity contribution >= 4 is 46.5 Å². The summed E-state index contributed by atoms with van der Waals surface area (Å²) in [6.07, 6.45) is 0. The van der Waals surface area contributed by atoms with Crippen LogP contribution in [0.4, 0.5) is 16.2 Å². The van der Waals surface area contributed by atoms with Crippen LogP contribution in [0.3, 0.4) is 0 Å². The van der Waals surface area contributed by atoms with Crippen LogP contribution in [0.2, 0.25) is 10.0 Å². The zero-order chi connectivity index (χ0) is 17.1. The summed E-state index contributed by atoms with van der Waals surface area (Å²) >= 11 is 11.8. The average molecular weight is 364 g/mol. The number of carbonyl (C=O) groups is 2. The Morgan fingerprint density at radius 1 is 1.04 bits per heavy atom. The Morgan fingerprint density at radius 2 is 1.71 bits per heavy atom. The van der Waals surface area contributed by atoms with Crippen molar-refractivity contribution in [3.05, 3.63) is 58.6 Å². The molecule has 7 heteroatoms. The van der Waals surface area contributed by atoms with Crippen LogP contribution >= 0.6 is 23.2 Å². The van der Waals surface area contributed by atoms with Gasteiger partial charge >= 0.3 is 6.03 Å². The van der Waals surface area contributed by atoms with E-state index in [0.717, 1.165) is 5.69 Å². The molecule has 1 aliphatic heterocycles. The second-order valence-electron chi connectivity index (χ2n) is 5.40. The largest absolute Gasteiger partial charge is 0.325 e. The maximum Gasteiger partial charge on any atom is 0.325 e. The van der Waals surface area contributed by atoms with Crippen LogP contribution in [0.1, 0.15) is 0 Å². The van der Waals surface area contributed by atoms with E-state index in [1.807, 2.05) is 30.3 Å². The molecule has 1 heterocycles. The molecule has 0 bridgehead atoms. The van der Waals surface area contributed by atoms with Crippen LogP contribution in [-0.2, 0) is 4.79 Å². The molecule has 0 spiro atoms. The van der Waals surface area contributed by atoms with E-state index >= 15 is 0 Å². The first kappa shape index (κ1) is 16.6. The zero-order valence-corrected chi connectivity index (χ0v) is 14.2. The standard InChI is InChI=1S/C17H15Cl2N3O2/c18-12-8-13(19)10-14(9-12)20-16(23)11-21-6-7-22(17(21)24)15-4-2-1-3-5-15/h1-5,8-10H,6-7,11H2,(H,20,23). The minimum Gasteiger partial charge on any atom is -0.324 e. The molecule has 0 radical (unpaired) electrons. The molecule has 2 aromatic rings. The van der Waals surface area contributed by atoms with E-state index in [-0.39, 0.29) is 18.5 Å². The fourth-order valence-electron chi connectivity index (χ4n) is 2.58. The lowest BCUT2D eigenvalue weighted by molar-refractivity contribution is -0.116. The van der Waals surface area contributed by atoms with Gasteiger partial charge in [0.25, 0.3) is 0 Å². The molecule has 1 aliphatic rings. The minimum absolute atomic E-state index is 0.0215. The highest BCUT2D eigenvalue weighted by Crippen LogP contribution is 2.23. The first-order valence-electron chi connectivity index (χ1n) is 7.40. The molecule has 1 saturated heterocycles. The van der Waals surface area contributed by atoms with Crippen LogP contribution in [0.5, 0.6) is 0 Å². The van der Waals surface area contributed by atoms with Crippen molar-refractivity contribution in [1.82, 2.24) is 4.90 Å². The molecular weight excluding hydrogens is 349 g/mol. The molecule has 0 unspecified atom stereocenters.